The lowest BCUT2D eigenvalue weighted by Crippen LogP contribution is -2.42. The van der Waals surface area contributed by atoms with Crippen LogP contribution < -0.4 is 27.0 Å². The lowest BCUT2D eigenvalue weighted by atomic mass is 10.0. The second kappa shape index (κ2) is 11.9. The minimum absolute atomic E-state index is 0.104. The van der Waals surface area contributed by atoms with Crippen molar-refractivity contribution in [3.05, 3.63) is 70.7 Å². The summed E-state index contributed by atoms with van der Waals surface area (Å²) in [5.41, 5.74) is 6.74. The number of carbonyl (C=O) groups excluding carboxylic acids is 2. The fourth-order valence-corrected chi connectivity index (χ4v) is 3.88. The fraction of sp³-hybridized carbons (Fsp3) is 0.200. The smallest absolute Gasteiger partial charge is 0.326 e. The summed E-state index contributed by atoms with van der Waals surface area (Å²) in [4.78, 5) is 37.7. The summed E-state index contributed by atoms with van der Waals surface area (Å²) in [7, 11) is 0. The van der Waals surface area contributed by atoms with Crippen LogP contribution in [0.1, 0.15) is 28.8 Å². The van der Waals surface area contributed by atoms with Gasteiger partial charge in [0.15, 0.2) is 5.96 Å². The van der Waals surface area contributed by atoms with Crippen LogP contribution in [-0.2, 0) is 4.79 Å². The Bertz CT molecular complexity index is 1290. The van der Waals surface area contributed by atoms with Gasteiger partial charge in [0, 0.05) is 6.54 Å². The zero-order valence-electron chi connectivity index (χ0n) is 19.5. The van der Waals surface area contributed by atoms with E-state index in [0.717, 1.165) is 16.3 Å². The zero-order chi connectivity index (χ0) is 26.2. The number of halogens is 1. The molecule has 0 saturated heterocycles. The Hall–Kier alpha value is -4.31. The van der Waals surface area contributed by atoms with E-state index in [-0.39, 0.29) is 23.6 Å². The maximum Gasteiger partial charge on any atom is 0.326 e. The third-order valence-electron chi connectivity index (χ3n) is 5.43. The number of aryl methyl sites for hydroxylation is 1. The normalized spacial score (nSPS) is 11.4. The molecule has 3 rings (SSSR count). The molecule has 3 amide bonds. The van der Waals surface area contributed by atoms with E-state index in [1.807, 2.05) is 24.3 Å². The van der Waals surface area contributed by atoms with Crippen molar-refractivity contribution in [1.29, 1.82) is 5.41 Å². The largest absolute Gasteiger partial charge is 0.480 e. The minimum atomic E-state index is -1.20. The van der Waals surface area contributed by atoms with Gasteiger partial charge in [-0.05, 0) is 54.3 Å². The van der Waals surface area contributed by atoms with E-state index in [4.69, 9.17) is 22.7 Å². The second-order valence-corrected chi connectivity index (χ2v) is 8.51. The number of hydrogen-bond donors (Lipinski definition) is 7. The Morgan fingerprint density at radius 2 is 1.75 bits per heavy atom. The van der Waals surface area contributed by atoms with E-state index < -0.39 is 23.9 Å². The number of nitrogens with one attached hydrogen (secondary N) is 5. The van der Waals surface area contributed by atoms with Crippen LogP contribution in [0.15, 0.2) is 54.6 Å². The van der Waals surface area contributed by atoms with Gasteiger partial charge < -0.3 is 32.1 Å². The highest BCUT2D eigenvalue weighted by molar-refractivity contribution is 6.34. The van der Waals surface area contributed by atoms with Gasteiger partial charge in [0.2, 0.25) is 0 Å². The van der Waals surface area contributed by atoms with Crippen molar-refractivity contribution in [1.82, 2.24) is 10.6 Å². The Labute approximate surface area is 212 Å². The van der Waals surface area contributed by atoms with Crippen LogP contribution in [0.25, 0.3) is 10.8 Å². The maximum atomic E-state index is 13.2. The van der Waals surface area contributed by atoms with Crippen LogP contribution in [0.2, 0.25) is 5.02 Å². The summed E-state index contributed by atoms with van der Waals surface area (Å²) in [6.45, 7) is 2.09. The Morgan fingerprint density at radius 1 is 1.06 bits per heavy atom. The molecule has 0 fully saturated rings. The van der Waals surface area contributed by atoms with Crippen molar-refractivity contribution < 1.29 is 19.5 Å². The van der Waals surface area contributed by atoms with Crippen molar-refractivity contribution in [2.24, 2.45) is 5.73 Å². The van der Waals surface area contributed by atoms with E-state index >= 15 is 0 Å². The van der Waals surface area contributed by atoms with Crippen LogP contribution in [0.3, 0.4) is 0 Å². The number of rotatable bonds is 9. The quantitative estimate of drug-likeness (QED) is 0.131. The first-order chi connectivity index (χ1) is 17.2. The molecule has 0 aliphatic carbocycles. The Balaban J connectivity index is 1.84. The molecule has 0 aliphatic rings. The van der Waals surface area contributed by atoms with Crippen molar-refractivity contribution in [2.75, 3.05) is 17.2 Å². The first-order valence-corrected chi connectivity index (χ1v) is 11.5. The second-order valence-electron chi connectivity index (χ2n) is 8.10. The van der Waals surface area contributed by atoms with E-state index in [2.05, 4.69) is 21.3 Å². The van der Waals surface area contributed by atoms with Gasteiger partial charge in [-0.15, -0.1) is 0 Å². The standard InChI is InChI=1S/C25H27ClN6O4/c1-14-6-4-9-18(26)21(14)32-25(36)31-20-13-16-8-3-2-7-15(16)12-17(20)22(33)30-19(23(34)35)10-5-11-29-24(27)28/h2-4,6-9,12-13,19H,5,10-11H2,1H3,(H,30,33)(H,34,35)(H4,27,28,29)(H2,31,32,36)/t19-/m0/s1. The van der Waals surface area contributed by atoms with Crippen molar-refractivity contribution in [3.63, 3.8) is 0 Å². The molecule has 3 aromatic rings. The summed E-state index contributed by atoms with van der Waals surface area (Å²) in [5.74, 6) is -2.08. The van der Waals surface area contributed by atoms with Gasteiger partial charge in [0.1, 0.15) is 6.04 Å². The van der Waals surface area contributed by atoms with Crippen LogP contribution in [-0.4, -0.2) is 41.6 Å². The minimum Gasteiger partial charge on any atom is -0.480 e. The number of guanidine groups is 1. The average Bonchev–Trinajstić information content (AvgIpc) is 2.82. The van der Waals surface area contributed by atoms with E-state index in [1.165, 1.54) is 0 Å². The molecule has 0 unspecified atom stereocenters. The molecular formula is C25H27ClN6O4. The number of urea groups is 1. The van der Waals surface area contributed by atoms with Crippen LogP contribution in [0.5, 0.6) is 0 Å². The molecule has 0 aromatic heterocycles. The average molecular weight is 511 g/mol. The summed E-state index contributed by atoms with van der Waals surface area (Å²) >= 11 is 6.21. The van der Waals surface area contributed by atoms with Crippen LogP contribution >= 0.6 is 11.6 Å². The predicted octanol–water partition coefficient (Wildman–Crippen LogP) is 3.89. The Kier molecular flexibility index (Phi) is 8.69. The van der Waals surface area contributed by atoms with Gasteiger partial charge in [0.25, 0.3) is 5.91 Å². The molecule has 11 heteroatoms. The van der Waals surface area contributed by atoms with Gasteiger partial charge in [-0.2, -0.15) is 0 Å². The third kappa shape index (κ3) is 6.86. The number of carbonyl (C=O) groups is 3. The maximum absolute atomic E-state index is 13.2. The number of aliphatic carboxylic acids is 1. The highest BCUT2D eigenvalue weighted by atomic mass is 35.5. The van der Waals surface area contributed by atoms with Crippen molar-refractivity contribution in [2.45, 2.75) is 25.8 Å². The molecule has 10 nitrogen and oxygen atoms in total. The van der Waals surface area contributed by atoms with E-state index in [0.29, 0.717) is 23.7 Å². The number of carboxylic acids is 1. The number of benzene rings is 3. The number of anilines is 2. The summed E-state index contributed by atoms with van der Waals surface area (Å²) in [5, 5.41) is 29.1. The first kappa shape index (κ1) is 26.3. The molecular weight excluding hydrogens is 484 g/mol. The molecule has 0 spiro atoms. The highest BCUT2D eigenvalue weighted by Gasteiger charge is 2.23. The summed E-state index contributed by atoms with van der Waals surface area (Å²) in [6, 6.07) is 14.0. The van der Waals surface area contributed by atoms with Crippen LogP contribution in [0.4, 0.5) is 16.2 Å². The van der Waals surface area contributed by atoms with Crippen LogP contribution in [0, 0.1) is 12.3 Å². The third-order valence-corrected chi connectivity index (χ3v) is 5.74. The lowest BCUT2D eigenvalue weighted by molar-refractivity contribution is -0.139. The number of fused-ring (bicyclic) bond motifs is 1. The molecule has 3 aromatic carbocycles. The molecule has 8 N–H and O–H groups in total. The van der Waals surface area contributed by atoms with Gasteiger partial charge >= 0.3 is 12.0 Å². The molecule has 0 aliphatic heterocycles. The molecule has 0 radical (unpaired) electrons. The van der Waals surface area contributed by atoms with E-state index in [1.54, 1.807) is 37.3 Å². The number of hydrogen-bond acceptors (Lipinski definition) is 4. The van der Waals surface area contributed by atoms with Gasteiger partial charge in [-0.1, -0.05) is 48.0 Å². The van der Waals surface area contributed by atoms with Gasteiger partial charge in [-0.25, -0.2) is 9.59 Å². The summed E-state index contributed by atoms with van der Waals surface area (Å²) < 4.78 is 0. The van der Waals surface area contributed by atoms with E-state index in [9.17, 15) is 19.5 Å². The molecule has 0 heterocycles. The zero-order valence-corrected chi connectivity index (χ0v) is 20.3. The highest BCUT2D eigenvalue weighted by Crippen LogP contribution is 2.27. The monoisotopic (exact) mass is 510 g/mol. The number of carboxylic acid groups (broad SMARTS) is 1. The molecule has 0 saturated carbocycles. The van der Waals surface area contributed by atoms with Crippen molar-refractivity contribution in [3.8, 4) is 0 Å². The Morgan fingerprint density at radius 3 is 2.39 bits per heavy atom. The predicted molar refractivity (Wildman–Crippen MR) is 141 cm³/mol. The molecule has 0 bridgehead atoms. The summed E-state index contributed by atoms with van der Waals surface area (Å²) in [6.07, 6.45) is 0.475. The number of para-hydroxylation sites is 1. The van der Waals surface area contributed by atoms with Crippen molar-refractivity contribution >= 4 is 57.6 Å². The fourth-order valence-electron chi connectivity index (χ4n) is 3.61. The lowest BCUT2D eigenvalue weighted by Gasteiger charge is -2.18. The molecule has 1 atom stereocenters. The first-order valence-electron chi connectivity index (χ1n) is 11.1. The SMILES string of the molecule is Cc1cccc(Cl)c1NC(=O)Nc1cc2ccccc2cc1C(=O)N[C@@H](CCCNC(=N)N)C(=O)O. The topological polar surface area (TPSA) is 169 Å². The number of nitrogens with two attached hydrogens (primary N) is 1. The van der Waals surface area contributed by atoms with Gasteiger partial charge in [-0.3, -0.25) is 10.2 Å². The molecule has 36 heavy (non-hydrogen) atoms. The number of amides is 3. The van der Waals surface area contributed by atoms with Gasteiger partial charge in [0.05, 0.1) is 22.0 Å². The molecule has 188 valence electrons.